The van der Waals surface area contributed by atoms with E-state index >= 15 is 0 Å². The molecule has 1 aliphatic carbocycles. The molecule has 0 atom stereocenters. The highest BCUT2D eigenvalue weighted by Crippen LogP contribution is 2.44. The molecule has 4 rings (SSSR count). The first kappa shape index (κ1) is 28.5. The fourth-order valence-electron chi connectivity index (χ4n) is 4.53. The number of anilines is 1. The molecule has 1 aliphatic rings. The first-order chi connectivity index (χ1) is 19.5. The number of amides is 1. The summed E-state index contributed by atoms with van der Waals surface area (Å²) in [6.07, 6.45) is 0.140. The summed E-state index contributed by atoms with van der Waals surface area (Å²) in [6, 6.07) is 19.8. The highest BCUT2D eigenvalue weighted by Gasteiger charge is 2.29. The zero-order valence-electron chi connectivity index (χ0n) is 21.7. The van der Waals surface area contributed by atoms with E-state index in [4.69, 9.17) is 14.2 Å². The maximum Gasteiger partial charge on any atom is 0.407 e. The number of nitro groups is 2. The lowest BCUT2D eigenvalue weighted by Gasteiger charge is -2.14. The number of benzene rings is 3. The van der Waals surface area contributed by atoms with Crippen LogP contribution in [0.15, 0.2) is 66.7 Å². The maximum absolute atomic E-state index is 12.2. The SMILES string of the molecule is O=C(NCCCOCCOCCNc1ccc([N+](=O)[O-])cc1[N+](=O)[O-])OCC1c2ccccc2-c2ccccc21. The van der Waals surface area contributed by atoms with Crippen molar-refractivity contribution in [3.05, 3.63) is 98.1 Å². The summed E-state index contributed by atoms with van der Waals surface area (Å²) in [4.78, 5) is 32.8. The average molecular weight is 551 g/mol. The molecule has 3 aromatic rings. The van der Waals surface area contributed by atoms with Gasteiger partial charge < -0.3 is 24.8 Å². The second-order valence-corrected chi connectivity index (χ2v) is 8.97. The molecular formula is C28H30N4O8. The number of ether oxygens (including phenoxy) is 3. The summed E-state index contributed by atoms with van der Waals surface area (Å²) in [6.45, 7) is 2.33. The summed E-state index contributed by atoms with van der Waals surface area (Å²) < 4.78 is 16.4. The summed E-state index contributed by atoms with van der Waals surface area (Å²) in [5, 5.41) is 27.5. The number of fused-ring (bicyclic) bond motifs is 3. The van der Waals surface area contributed by atoms with Crippen molar-refractivity contribution in [1.82, 2.24) is 5.32 Å². The van der Waals surface area contributed by atoms with Gasteiger partial charge in [-0.15, -0.1) is 0 Å². The van der Waals surface area contributed by atoms with E-state index < -0.39 is 15.9 Å². The molecule has 0 fully saturated rings. The predicted octanol–water partition coefficient (Wildman–Crippen LogP) is 4.88. The van der Waals surface area contributed by atoms with E-state index in [1.54, 1.807) is 0 Å². The highest BCUT2D eigenvalue weighted by atomic mass is 16.6. The minimum Gasteiger partial charge on any atom is -0.449 e. The number of hydrogen-bond donors (Lipinski definition) is 2. The maximum atomic E-state index is 12.2. The van der Waals surface area contributed by atoms with Gasteiger partial charge in [0.25, 0.3) is 11.4 Å². The highest BCUT2D eigenvalue weighted by molar-refractivity contribution is 5.79. The molecule has 0 radical (unpaired) electrons. The van der Waals surface area contributed by atoms with Crippen molar-refractivity contribution < 1.29 is 28.9 Å². The number of non-ortho nitro benzene ring substituents is 1. The van der Waals surface area contributed by atoms with Gasteiger partial charge in [-0.1, -0.05) is 48.5 Å². The number of nitrogens with one attached hydrogen (secondary N) is 2. The van der Waals surface area contributed by atoms with Crippen LogP contribution in [0.5, 0.6) is 0 Å². The van der Waals surface area contributed by atoms with Crippen LogP contribution in [0.2, 0.25) is 0 Å². The van der Waals surface area contributed by atoms with Crippen LogP contribution in [0.25, 0.3) is 11.1 Å². The second kappa shape index (κ2) is 14.0. The van der Waals surface area contributed by atoms with Crippen LogP contribution in [-0.2, 0) is 14.2 Å². The van der Waals surface area contributed by atoms with Gasteiger partial charge in [-0.25, -0.2) is 4.79 Å². The van der Waals surface area contributed by atoms with Gasteiger partial charge in [0, 0.05) is 31.7 Å². The average Bonchev–Trinajstić information content (AvgIpc) is 3.28. The molecule has 0 spiro atoms. The minimum absolute atomic E-state index is 0.0148. The predicted molar refractivity (Wildman–Crippen MR) is 148 cm³/mol. The van der Waals surface area contributed by atoms with E-state index in [9.17, 15) is 25.0 Å². The lowest BCUT2D eigenvalue weighted by molar-refractivity contribution is -0.393. The third-order valence-corrected chi connectivity index (χ3v) is 6.40. The van der Waals surface area contributed by atoms with Crippen molar-refractivity contribution in [3.63, 3.8) is 0 Å². The van der Waals surface area contributed by atoms with Crippen LogP contribution in [0.1, 0.15) is 23.5 Å². The molecule has 40 heavy (non-hydrogen) atoms. The topological polar surface area (TPSA) is 155 Å². The standard InChI is InChI=1S/C28H30N4O8/c33-28(40-19-25-23-8-3-1-6-21(23)22-7-2-4-9-24(22)25)30-12-5-14-38-16-17-39-15-13-29-26-11-10-20(31(34)35)18-27(26)32(36)37/h1-4,6-11,18,25,29H,5,12-17,19H2,(H,30,33). The van der Waals surface area contributed by atoms with Crippen LogP contribution in [0, 0.1) is 20.2 Å². The van der Waals surface area contributed by atoms with E-state index in [0.717, 1.165) is 17.2 Å². The van der Waals surface area contributed by atoms with E-state index in [2.05, 4.69) is 34.9 Å². The fraction of sp³-hybridized carbons (Fsp3) is 0.321. The molecule has 0 unspecified atom stereocenters. The molecule has 0 aliphatic heterocycles. The summed E-state index contributed by atoms with van der Waals surface area (Å²) in [7, 11) is 0. The number of carbonyl (C=O) groups excluding carboxylic acids is 1. The quantitative estimate of drug-likeness (QED) is 0.153. The molecule has 2 N–H and O–H groups in total. The second-order valence-electron chi connectivity index (χ2n) is 8.97. The Bertz CT molecular complexity index is 1300. The monoisotopic (exact) mass is 550 g/mol. The number of carbonyl (C=O) groups is 1. The molecular weight excluding hydrogens is 520 g/mol. The Morgan fingerprint density at radius 3 is 2.10 bits per heavy atom. The number of nitrogens with zero attached hydrogens (tertiary/aromatic N) is 2. The van der Waals surface area contributed by atoms with E-state index in [1.807, 2.05) is 24.3 Å². The number of alkyl carbamates (subject to hydrolysis) is 1. The van der Waals surface area contributed by atoms with Gasteiger partial charge in [0.15, 0.2) is 0 Å². The van der Waals surface area contributed by atoms with Gasteiger partial charge in [-0.2, -0.15) is 0 Å². The smallest absolute Gasteiger partial charge is 0.407 e. The third kappa shape index (κ3) is 7.30. The van der Waals surface area contributed by atoms with E-state index in [1.165, 1.54) is 23.3 Å². The zero-order chi connectivity index (χ0) is 28.3. The van der Waals surface area contributed by atoms with Gasteiger partial charge in [0.1, 0.15) is 12.3 Å². The molecule has 1 amide bonds. The summed E-state index contributed by atoms with van der Waals surface area (Å²) in [5.74, 6) is 0.0148. The lowest BCUT2D eigenvalue weighted by Crippen LogP contribution is -2.27. The number of rotatable bonds is 15. The van der Waals surface area contributed by atoms with Crippen LogP contribution < -0.4 is 10.6 Å². The Kier molecular flexibility index (Phi) is 9.97. The molecule has 0 bridgehead atoms. The van der Waals surface area contributed by atoms with Crippen molar-refractivity contribution in [2.24, 2.45) is 0 Å². The Hall–Kier alpha value is -4.55. The minimum atomic E-state index is -0.683. The molecule has 3 aromatic carbocycles. The van der Waals surface area contributed by atoms with Crippen LogP contribution in [0.3, 0.4) is 0 Å². The summed E-state index contributed by atoms with van der Waals surface area (Å²) in [5.41, 5.74) is 4.14. The van der Waals surface area contributed by atoms with E-state index in [-0.39, 0.29) is 42.7 Å². The van der Waals surface area contributed by atoms with Gasteiger partial charge in [-0.3, -0.25) is 20.2 Å². The van der Waals surface area contributed by atoms with Crippen molar-refractivity contribution in [2.75, 3.05) is 51.4 Å². The number of nitro benzene ring substituents is 2. The van der Waals surface area contributed by atoms with Gasteiger partial charge in [-0.05, 0) is 34.7 Å². The molecule has 0 saturated carbocycles. The fourth-order valence-corrected chi connectivity index (χ4v) is 4.53. The van der Waals surface area contributed by atoms with Crippen LogP contribution in [-0.4, -0.2) is 62.1 Å². The Labute approximate surface area is 230 Å². The van der Waals surface area contributed by atoms with Crippen LogP contribution in [0.4, 0.5) is 21.9 Å². The normalized spacial score (nSPS) is 11.9. The first-order valence-corrected chi connectivity index (χ1v) is 12.9. The molecule has 12 heteroatoms. The first-order valence-electron chi connectivity index (χ1n) is 12.9. The van der Waals surface area contributed by atoms with Crippen molar-refractivity contribution >= 4 is 23.2 Å². The van der Waals surface area contributed by atoms with Crippen LogP contribution >= 0.6 is 0 Å². The van der Waals surface area contributed by atoms with Gasteiger partial charge in [0.05, 0.1) is 35.7 Å². The Morgan fingerprint density at radius 1 is 0.800 bits per heavy atom. The lowest BCUT2D eigenvalue weighted by atomic mass is 9.98. The molecule has 0 heterocycles. The number of hydrogen-bond acceptors (Lipinski definition) is 9. The zero-order valence-corrected chi connectivity index (χ0v) is 21.7. The summed E-state index contributed by atoms with van der Waals surface area (Å²) >= 11 is 0. The Balaban J connectivity index is 1.04. The van der Waals surface area contributed by atoms with Gasteiger partial charge >= 0.3 is 6.09 Å². The van der Waals surface area contributed by atoms with Crippen molar-refractivity contribution in [1.29, 1.82) is 0 Å². The molecule has 0 aromatic heterocycles. The van der Waals surface area contributed by atoms with E-state index in [0.29, 0.717) is 32.8 Å². The molecule has 0 saturated heterocycles. The largest absolute Gasteiger partial charge is 0.449 e. The van der Waals surface area contributed by atoms with Gasteiger partial charge in [0.2, 0.25) is 0 Å². The van der Waals surface area contributed by atoms with Crippen molar-refractivity contribution in [2.45, 2.75) is 12.3 Å². The molecule has 12 nitrogen and oxygen atoms in total. The Morgan fingerprint density at radius 2 is 1.45 bits per heavy atom. The third-order valence-electron chi connectivity index (χ3n) is 6.40. The molecule has 210 valence electrons. The van der Waals surface area contributed by atoms with Crippen molar-refractivity contribution in [3.8, 4) is 11.1 Å².